The Morgan fingerprint density at radius 3 is 2.90 bits per heavy atom. The number of benzene rings is 2. The Morgan fingerprint density at radius 1 is 1.24 bits per heavy atom. The number of halogens is 1. The van der Waals surface area contributed by atoms with Crippen LogP contribution in [-0.4, -0.2) is 18.0 Å². The van der Waals surface area contributed by atoms with Crippen LogP contribution in [0.2, 0.25) is 5.02 Å². The Labute approximate surface area is 126 Å². The van der Waals surface area contributed by atoms with E-state index in [9.17, 15) is 4.79 Å². The number of carbonyl (C=O) groups excluding carboxylic acids is 1. The first kappa shape index (κ1) is 13.5. The zero-order chi connectivity index (χ0) is 14.8. The van der Waals surface area contributed by atoms with Crippen LogP contribution in [0.5, 0.6) is 5.75 Å². The maximum Gasteiger partial charge on any atom is 0.256 e. The van der Waals surface area contributed by atoms with Gasteiger partial charge in [-0.2, -0.15) is 0 Å². The van der Waals surface area contributed by atoms with Crippen molar-refractivity contribution in [3.05, 3.63) is 59.2 Å². The molecular formula is C16H13ClN2O2. The van der Waals surface area contributed by atoms with E-state index in [2.05, 4.69) is 10.3 Å². The predicted octanol–water partition coefficient (Wildman–Crippen LogP) is 4.08. The molecule has 5 heteroatoms. The van der Waals surface area contributed by atoms with Gasteiger partial charge in [-0.1, -0.05) is 17.7 Å². The first-order valence-corrected chi connectivity index (χ1v) is 6.78. The molecule has 0 saturated carbocycles. The van der Waals surface area contributed by atoms with Gasteiger partial charge in [-0.15, -0.1) is 0 Å². The lowest BCUT2D eigenvalue weighted by Gasteiger charge is -2.11. The summed E-state index contributed by atoms with van der Waals surface area (Å²) in [6, 6.07) is 12.5. The molecule has 0 atom stereocenters. The van der Waals surface area contributed by atoms with Gasteiger partial charge in [-0.05, 0) is 36.4 Å². The van der Waals surface area contributed by atoms with E-state index in [1.54, 1.807) is 37.6 Å². The van der Waals surface area contributed by atoms with Gasteiger partial charge in [-0.3, -0.25) is 4.79 Å². The second-order valence-corrected chi connectivity index (χ2v) is 4.98. The molecule has 1 heterocycles. The van der Waals surface area contributed by atoms with Crippen LogP contribution in [0.4, 0.5) is 5.69 Å². The first-order valence-electron chi connectivity index (χ1n) is 6.40. The Kier molecular flexibility index (Phi) is 3.54. The Balaban J connectivity index is 1.97. The third-order valence-electron chi connectivity index (χ3n) is 3.25. The van der Waals surface area contributed by atoms with Crippen molar-refractivity contribution >= 4 is 34.1 Å². The van der Waals surface area contributed by atoms with E-state index >= 15 is 0 Å². The number of nitrogens with one attached hydrogen (secondary N) is 2. The second-order valence-electron chi connectivity index (χ2n) is 4.54. The van der Waals surface area contributed by atoms with Crippen molar-refractivity contribution in [2.75, 3.05) is 12.4 Å². The maximum atomic E-state index is 12.5. The van der Waals surface area contributed by atoms with Crippen LogP contribution < -0.4 is 10.1 Å². The summed E-state index contributed by atoms with van der Waals surface area (Å²) in [5, 5.41) is 4.24. The lowest BCUT2D eigenvalue weighted by Crippen LogP contribution is -2.13. The molecule has 21 heavy (non-hydrogen) atoms. The minimum absolute atomic E-state index is 0.208. The molecule has 0 saturated heterocycles. The fourth-order valence-corrected chi connectivity index (χ4v) is 2.42. The van der Waals surface area contributed by atoms with Gasteiger partial charge in [0.2, 0.25) is 0 Å². The number of amides is 1. The van der Waals surface area contributed by atoms with E-state index in [1.165, 1.54) is 0 Å². The summed E-state index contributed by atoms with van der Waals surface area (Å²) in [5.74, 6) is 0.356. The molecule has 0 aliphatic carbocycles. The molecule has 2 aromatic carbocycles. The average molecular weight is 301 g/mol. The lowest BCUT2D eigenvalue weighted by molar-refractivity contribution is 0.102. The molecule has 0 spiro atoms. The number of aromatic amines is 1. The van der Waals surface area contributed by atoms with Gasteiger partial charge in [0, 0.05) is 27.7 Å². The molecule has 2 N–H and O–H groups in total. The lowest BCUT2D eigenvalue weighted by atomic mass is 10.1. The summed E-state index contributed by atoms with van der Waals surface area (Å²) in [5.41, 5.74) is 2.05. The molecule has 0 fully saturated rings. The summed E-state index contributed by atoms with van der Waals surface area (Å²) < 4.78 is 5.23. The first-order chi connectivity index (χ1) is 10.2. The van der Waals surface area contributed by atoms with Crippen molar-refractivity contribution < 1.29 is 9.53 Å². The molecule has 106 valence electrons. The van der Waals surface area contributed by atoms with E-state index in [-0.39, 0.29) is 5.91 Å². The Bertz CT molecular complexity index is 811. The maximum absolute atomic E-state index is 12.5. The summed E-state index contributed by atoms with van der Waals surface area (Å²) in [7, 11) is 1.55. The largest absolute Gasteiger partial charge is 0.495 e. The zero-order valence-electron chi connectivity index (χ0n) is 11.3. The standard InChI is InChI=1S/C16H13ClN2O2/c1-21-15-6-5-10(17)9-14(15)19-16(20)12-3-2-4-13-11(12)7-8-18-13/h2-9,18H,1H3,(H,19,20). The van der Waals surface area contributed by atoms with Crippen molar-refractivity contribution in [2.45, 2.75) is 0 Å². The van der Waals surface area contributed by atoms with Crippen LogP contribution in [0.15, 0.2) is 48.7 Å². The molecule has 4 nitrogen and oxygen atoms in total. The smallest absolute Gasteiger partial charge is 0.256 e. The van der Waals surface area contributed by atoms with E-state index < -0.39 is 0 Å². The van der Waals surface area contributed by atoms with Gasteiger partial charge in [0.1, 0.15) is 5.75 Å². The quantitative estimate of drug-likeness (QED) is 0.765. The molecule has 0 radical (unpaired) electrons. The van der Waals surface area contributed by atoms with Crippen LogP contribution in [0.3, 0.4) is 0 Å². The predicted molar refractivity (Wildman–Crippen MR) is 84.3 cm³/mol. The summed E-state index contributed by atoms with van der Waals surface area (Å²) >= 11 is 5.97. The van der Waals surface area contributed by atoms with Crippen LogP contribution in [0.1, 0.15) is 10.4 Å². The molecule has 1 aromatic heterocycles. The monoisotopic (exact) mass is 300 g/mol. The topological polar surface area (TPSA) is 54.1 Å². The third-order valence-corrected chi connectivity index (χ3v) is 3.48. The van der Waals surface area contributed by atoms with Gasteiger partial charge >= 0.3 is 0 Å². The highest BCUT2D eigenvalue weighted by Crippen LogP contribution is 2.28. The third kappa shape index (κ3) is 2.58. The van der Waals surface area contributed by atoms with Crippen molar-refractivity contribution in [3.63, 3.8) is 0 Å². The van der Waals surface area contributed by atoms with Crippen LogP contribution in [0.25, 0.3) is 10.9 Å². The fourth-order valence-electron chi connectivity index (χ4n) is 2.25. The van der Waals surface area contributed by atoms with Crippen molar-refractivity contribution in [1.82, 2.24) is 4.98 Å². The number of methoxy groups -OCH3 is 1. The van der Waals surface area contributed by atoms with E-state index in [0.717, 1.165) is 10.9 Å². The minimum atomic E-state index is -0.208. The number of hydrogen-bond donors (Lipinski definition) is 2. The van der Waals surface area contributed by atoms with E-state index in [0.29, 0.717) is 22.0 Å². The summed E-state index contributed by atoms with van der Waals surface area (Å²) in [4.78, 5) is 15.6. The average Bonchev–Trinajstić information content (AvgIpc) is 2.95. The Hall–Kier alpha value is -2.46. The molecule has 0 unspecified atom stereocenters. The number of rotatable bonds is 3. The number of aromatic nitrogens is 1. The highest BCUT2D eigenvalue weighted by Gasteiger charge is 2.13. The number of fused-ring (bicyclic) bond motifs is 1. The van der Waals surface area contributed by atoms with Gasteiger partial charge in [-0.25, -0.2) is 0 Å². The highest BCUT2D eigenvalue weighted by atomic mass is 35.5. The molecule has 3 rings (SSSR count). The SMILES string of the molecule is COc1ccc(Cl)cc1NC(=O)c1cccc2[nH]ccc12. The molecule has 0 aliphatic heterocycles. The number of carbonyl (C=O) groups is 1. The van der Waals surface area contributed by atoms with Crippen molar-refractivity contribution in [2.24, 2.45) is 0 Å². The summed E-state index contributed by atoms with van der Waals surface area (Å²) in [6.45, 7) is 0. The number of hydrogen-bond acceptors (Lipinski definition) is 2. The van der Waals surface area contributed by atoms with E-state index in [4.69, 9.17) is 16.3 Å². The van der Waals surface area contributed by atoms with Crippen LogP contribution in [0, 0.1) is 0 Å². The summed E-state index contributed by atoms with van der Waals surface area (Å²) in [6.07, 6.45) is 1.81. The molecule has 0 bridgehead atoms. The fraction of sp³-hybridized carbons (Fsp3) is 0.0625. The molecule has 0 aliphatic rings. The van der Waals surface area contributed by atoms with Gasteiger partial charge < -0.3 is 15.0 Å². The highest BCUT2D eigenvalue weighted by molar-refractivity contribution is 6.31. The molecule has 1 amide bonds. The van der Waals surface area contributed by atoms with Crippen molar-refractivity contribution in [1.29, 1.82) is 0 Å². The van der Waals surface area contributed by atoms with Gasteiger partial charge in [0.25, 0.3) is 5.91 Å². The van der Waals surface area contributed by atoms with Crippen LogP contribution >= 0.6 is 11.6 Å². The second kappa shape index (κ2) is 5.50. The normalized spacial score (nSPS) is 10.6. The number of ether oxygens (including phenoxy) is 1. The minimum Gasteiger partial charge on any atom is -0.495 e. The van der Waals surface area contributed by atoms with Gasteiger partial charge in [0.05, 0.1) is 12.8 Å². The van der Waals surface area contributed by atoms with Crippen LogP contribution in [-0.2, 0) is 0 Å². The molecule has 3 aromatic rings. The number of anilines is 1. The van der Waals surface area contributed by atoms with E-state index in [1.807, 2.05) is 18.2 Å². The van der Waals surface area contributed by atoms with Crippen molar-refractivity contribution in [3.8, 4) is 5.75 Å². The van der Waals surface area contributed by atoms with Gasteiger partial charge in [0.15, 0.2) is 0 Å². The molecular weight excluding hydrogens is 288 g/mol. The Morgan fingerprint density at radius 2 is 2.10 bits per heavy atom. The zero-order valence-corrected chi connectivity index (χ0v) is 12.1. The number of H-pyrrole nitrogens is 1.